The molecule has 0 aromatic heterocycles. The molecule has 0 aliphatic rings. The monoisotopic (exact) mass is 237 g/mol. The van der Waals surface area contributed by atoms with Gasteiger partial charge in [-0.15, -0.1) is 0 Å². The maximum absolute atomic E-state index is 11.3. The Kier molecular flexibility index (Phi) is 4.52. The van der Waals surface area contributed by atoms with Gasteiger partial charge in [-0.1, -0.05) is 17.7 Å². The molecule has 0 heterocycles. The van der Waals surface area contributed by atoms with E-state index in [0.29, 0.717) is 24.3 Å². The van der Waals surface area contributed by atoms with Crippen molar-refractivity contribution in [2.24, 2.45) is 5.73 Å². The molecule has 1 aromatic carbocycles. The standard InChI is InChI=1S/C13H19NO3/c1-8-6-9(2)12(17-3)11(7-8)10(4-5-14)13(15)16/h6-7,10H,4-5,14H2,1-3H3,(H,15,16). The van der Waals surface area contributed by atoms with Gasteiger partial charge in [0.15, 0.2) is 0 Å². The summed E-state index contributed by atoms with van der Waals surface area (Å²) < 4.78 is 5.30. The molecular weight excluding hydrogens is 218 g/mol. The van der Waals surface area contributed by atoms with Gasteiger partial charge in [-0.2, -0.15) is 0 Å². The quantitative estimate of drug-likeness (QED) is 0.819. The normalized spacial score (nSPS) is 12.2. The van der Waals surface area contributed by atoms with Crippen molar-refractivity contribution in [2.45, 2.75) is 26.2 Å². The Hall–Kier alpha value is -1.55. The van der Waals surface area contributed by atoms with E-state index in [4.69, 9.17) is 10.5 Å². The molecule has 1 aromatic rings. The first-order valence-corrected chi connectivity index (χ1v) is 5.59. The van der Waals surface area contributed by atoms with Crippen molar-refractivity contribution in [2.75, 3.05) is 13.7 Å². The average Bonchev–Trinajstić information content (AvgIpc) is 2.24. The minimum atomic E-state index is -0.862. The zero-order valence-electron chi connectivity index (χ0n) is 10.5. The van der Waals surface area contributed by atoms with Crippen molar-refractivity contribution in [3.05, 3.63) is 28.8 Å². The lowest BCUT2D eigenvalue weighted by molar-refractivity contribution is -0.138. The number of rotatable bonds is 5. The Morgan fingerprint density at radius 2 is 2.12 bits per heavy atom. The van der Waals surface area contributed by atoms with Crippen molar-refractivity contribution >= 4 is 5.97 Å². The van der Waals surface area contributed by atoms with Crippen LogP contribution in [0.2, 0.25) is 0 Å². The third-order valence-corrected chi connectivity index (χ3v) is 2.78. The number of benzene rings is 1. The molecule has 0 aliphatic heterocycles. The minimum Gasteiger partial charge on any atom is -0.496 e. The number of carboxylic acids is 1. The van der Waals surface area contributed by atoms with Crippen LogP contribution < -0.4 is 10.5 Å². The molecular formula is C13H19NO3. The lowest BCUT2D eigenvalue weighted by atomic mass is 9.91. The molecule has 0 bridgehead atoms. The fraction of sp³-hybridized carbons (Fsp3) is 0.462. The number of hydrogen-bond donors (Lipinski definition) is 2. The molecule has 1 unspecified atom stereocenters. The van der Waals surface area contributed by atoms with E-state index in [0.717, 1.165) is 11.1 Å². The first-order chi connectivity index (χ1) is 8.01. The van der Waals surface area contributed by atoms with Crippen LogP contribution in [0, 0.1) is 13.8 Å². The molecule has 4 heteroatoms. The number of nitrogens with two attached hydrogens (primary N) is 1. The highest BCUT2D eigenvalue weighted by molar-refractivity contribution is 5.77. The molecule has 1 rings (SSSR count). The fourth-order valence-electron chi connectivity index (χ4n) is 2.10. The van der Waals surface area contributed by atoms with E-state index >= 15 is 0 Å². The van der Waals surface area contributed by atoms with Crippen molar-refractivity contribution in [1.29, 1.82) is 0 Å². The van der Waals surface area contributed by atoms with Gasteiger partial charge in [0, 0.05) is 5.56 Å². The second-order valence-corrected chi connectivity index (χ2v) is 4.17. The first-order valence-electron chi connectivity index (χ1n) is 5.59. The molecule has 94 valence electrons. The third kappa shape index (κ3) is 2.97. The molecule has 0 spiro atoms. The molecule has 4 nitrogen and oxygen atoms in total. The Morgan fingerprint density at radius 1 is 1.47 bits per heavy atom. The van der Waals surface area contributed by atoms with E-state index in [1.54, 1.807) is 7.11 Å². The Bertz CT molecular complexity index is 415. The summed E-state index contributed by atoms with van der Waals surface area (Å²) in [5.74, 6) is -0.816. The number of carbonyl (C=O) groups is 1. The van der Waals surface area contributed by atoms with Crippen LogP contribution in [0.3, 0.4) is 0 Å². The predicted octanol–water partition coefficient (Wildman–Crippen LogP) is 1.83. The number of methoxy groups -OCH3 is 1. The molecule has 1 atom stereocenters. The van der Waals surface area contributed by atoms with Crippen molar-refractivity contribution in [3.63, 3.8) is 0 Å². The number of hydrogen-bond acceptors (Lipinski definition) is 3. The Morgan fingerprint density at radius 3 is 2.59 bits per heavy atom. The Balaban J connectivity index is 3.30. The van der Waals surface area contributed by atoms with Crippen molar-refractivity contribution < 1.29 is 14.6 Å². The van der Waals surface area contributed by atoms with Crippen LogP contribution in [0.15, 0.2) is 12.1 Å². The van der Waals surface area contributed by atoms with E-state index in [1.807, 2.05) is 26.0 Å². The smallest absolute Gasteiger partial charge is 0.311 e. The van der Waals surface area contributed by atoms with Crippen LogP contribution in [-0.4, -0.2) is 24.7 Å². The predicted molar refractivity (Wildman–Crippen MR) is 66.5 cm³/mol. The van der Waals surface area contributed by atoms with Crippen LogP contribution in [0.1, 0.15) is 29.0 Å². The van der Waals surface area contributed by atoms with Gasteiger partial charge in [0.05, 0.1) is 13.0 Å². The summed E-state index contributed by atoms with van der Waals surface area (Å²) in [6.45, 7) is 4.20. The maximum Gasteiger partial charge on any atom is 0.311 e. The van der Waals surface area contributed by atoms with Gasteiger partial charge < -0.3 is 15.6 Å². The summed E-state index contributed by atoms with van der Waals surface area (Å²) in [6.07, 6.45) is 0.411. The summed E-state index contributed by atoms with van der Waals surface area (Å²) in [7, 11) is 1.56. The zero-order valence-corrected chi connectivity index (χ0v) is 10.5. The number of ether oxygens (including phenoxy) is 1. The summed E-state index contributed by atoms with van der Waals surface area (Å²) in [6, 6.07) is 3.84. The van der Waals surface area contributed by atoms with Crippen molar-refractivity contribution in [1.82, 2.24) is 0 Å². The van der Waals surface area contributed by atoms with Crippen molar-refractivity contribution in [3.8, 4) is 5.75 Å². The number of carboxylic acid groups (broad SMARTS) is 1. The SMILES string of the molecule is COc1c(C)cc(C)cc1C(CCN)C(=O)O. The molecule has 0 amide bonds. The largest absolute Gasteiger partial charge is 0.496 e. The van der Waals surface area contributed by atoms with Gasteiger partial charge >= 0.3 is 5.97 Å². The molecule has 0 fully saturated rings. The fourth-order valence-corrected chi connectivity index (χ4v) is 2.10. The maximum atomic E-state index is 11.3. The molecule has 0 radical (unpaired) electrons. The van der Waals surface area contributed by atoms with Crippen LogP contribution >= 0.6 is 0 Å². The molecule has 3 N–H and O–H groups in total. The van der Waals surface area contributed by atoms with E-state index < -0.39 is 11.9 Å². The summed E-state index contributed by atoms with van der Waals surface area (Å²) in [5, 5.41) is 9.25. The summed E-state index contributed by atoms with van der Waals surface area (Å²) in [4.78, 5) is 11.3. The van der Waals surface area contributed by atoms with Gasteiger partial charge in [-0.05, 0) is 32.4 Å². The van der Waals surface area contributed by atoms with Gasteiger partial charge in [-0.25, -0.2) is 0 Å². The van der Waals surface area contributed by atoms with Gasteiger partial charge in [0.1, 0.15) is 5.75 Å². The molecule has 17 heavy (non-hydrogen) atoms. The van der Waals surface area contributed by atoms with Gasteiger partial charge in [0.2, 0.25) is 0 Å². The lowest BCUT2D eigenvalue weighted by Crippen LogP contribution is -2.17. The van der Waals surface area contributed by atoms with Gasteiger partial charge in [-0.3, -0.25) is 4.79 Å². The number of aryl methyl sites for hydroxylation is 2. The third-order valence-electron chi connectivity index (χ3n) is 2.78. The van der Waals surface area contributed by atoms with E-state index in [9.17, 15) is 9.90 Å². The highest BCUT2D eigenvalue weighted by Crippen LogP contribution is 2.33. The Labute approximate surface area is 101 Å². The number of aliphatic carboxylic acids is 1. The first kappa shape index (κ1) is 13.5. The molecule has 0 saturated carbocycles. The van der Waals surface area contributed by atoms with E-state index in [-0.39, 0.29) is 0 Å². The van der Waals surface area contributed by atoms with Crippen LogP contribution in [0.25, 0.3) is 0 Å². The average molecular weight is 237 g/mol. The van der Waals surface area contributed by atoms with E-state index in [1.165, 1.54) is 0 Å². The zero-order chi connectivity index (χ0) is 13.0. The highest BCUT2D eigenvalue weighted by atomic mass is 16.5. The van der Waals surface area contributed by atoms with E-state index in [2.05, 4.69) is 0 Å². The second kappa shape index (κ2) is 5.68. The lowest BCUT2D eigenvalue weighted by Gasteiger charge is -2.18. The van der Waals surface area contributed by atoms with Crippen LogP contribution in [-0.2, 0) is 4.79 Å². The molecule has 0 saturated heterocycles. The van der Waals surface area contributed by atoms with Crippen LogP contribution in [0.5, 0.6) is 5.75 Å². The second-order valence-electron chi connectivity index (χ2n) is 4.17. The summed E-state index contributed by atoms with van der Waals surface area (Å²) in [5.41, 5.74) is 8.16. The summed E-state index contributed by atoms with van der Waals surface area (Å²) >= 11 is 0. The van der Waals surface area contributed by atoms with Crippen LogP contribution in [0.4, 0.5) is 0 Å². The topological polar surface area (TPSA) is 72.5 Å². The molecule has 0 aliphatic carbocycles. The minimum absolute atomic E-state index is 0.340. The highest BCUT2D eigenvalue weighted by Gasteiger charge is 2.23. The van der Waals surface area contributed by atoms with Gasteiger partial charge in [0.25, 0.3) is 0 Å².